The van der Waals surface area contributed by atoms with Crippen LogP contribution in [0.5, 0.6) is 5.75 Å². The number of aromatic nitrogens is 1. The zero-order chi connectivity index (χ0) is 22.0. The molecule has 31 heavy (non-hydrogen) atoms. The van der Waals surface area contributed by atoms with E-state index in [1.54, 1.807) is 24.0 Å². The fourth-order valence-electron chi connectivity index (χ4n) is 4.09. The van der Waals surface area contributed by atoms with E-state index in [2.05, 4.69) is 0 Å². The van der Waals surface area contributed by atoms with Crippen LogP contribution in [0.25, 0.3) is 10.9 Å². The van der Waals surface area contributed by atoms with Crippen LogP contribution < -0.4 is 10.5 Å². The van der Waals surface area contributed by atoms with Gasteiger partial charge in [0.25, 0.3) is 11.8 Å². The number of carbonyl (C=O) groups is 2. The number of carbonyl (C=O) groups excluding carboxylic acids is 2. The van der Waals surface area contributed by atoms with Crippen LogP contribution in [0, 0.1) is 5.82 Å². The lowest BCUT2D eigenvalue weighted by molar-refractivity contribution is -0.139. The molecule has 0 bridgehead atoms. The minimum atomic E-state index is -0.763. The first kappa shape index (κ1) is 20.8. The standard InChI is InChI=1S/C24H24FN3O3/c1-15(31-19-9-4-8-18(25)13-19)24(30)28-11-5-7-17(14-28)22-20(23(26)29)12-16-6-2-3-10-21(16)27-22/h2-4,6,8-10,12-13,15,17H,5,7,11,14H2,1H3,(H2,26,29). The van der Waals surface area contributed by atoms with E-state index in [0.29, 0.717) is 30.1 Å². The number of primary amides is 1. The molecule has 160 valence electrons. The third-order valence-electron chi connectivity index (χ3n) is 5.60. The second kappa shape index (κ2) is 8.71. The van der Waals surface area contributed by atoms with Gasteiger partial charge in [-0.2, -0.15) is 0 Å². The molecule has 3 aromatic rings. The molecule has 2 amide bonds. The number of benzene rings is 2. The molecule has 1 aliphatic heterocycles. The maximum atomic E-state index is 13.4. The molecule has 2 N–H and O–H groups in total. The highest BCUT2D eigenvalue weighted by Gasteiger charge is 2.31. The second-order valence-corrected chi connectivity index (χ2v) is 7.82. The monoisotopic (exact) mass is 421 g/mol. The molecule has 2 aromatic carbocycles. The van der Waals surface area contributed by atoms with Gasteiger partial charge in [0.15, 0.2) is 6.10 Å². The van der Waals surface area contributed by atoms with Crippen molar-refractivity contribution < 1.29 is 18.7 Å². The van der Waals surface area contributed by atoms with Gasteiger partial charge in [0.1, 0.15) is 11.6 Å². The Morgan fingerprint density at radius 3 is 2.77 bits per heavy atom. The molecule has 1 fully saturated rings. The summed E-state index contributed by atoms with van der Waals surface area (Å²) in [6.07, 6.45) is 0.811. The van der Waals surface area contributed by atoms with Crippen molar-refractivity contribution in [3.8, 4) is 5.75 Å². The first-order chi connectivity index (χ1) is 14.9. The van der Waals surface area contributed by atoms with Crippen LogP contribution in [-0.4, -0.2) is 40.9 Å². The van der Waals surface area contributed by atoms with Crippen molar-refractivity contribution in [1.82, 2.24) is 9.88 Å². The molecule has 7 heteroatoms. The van der Waals surface area contributed by atoms with E-state index >= 15 is 0 Å². The summed E-state index contributed by atoms with van der Waals surface area (Å²) in [5.74, 6) is -0.931. The van der Waals surface area contributed by atoms with E-state index in [0.717, 1.165) is 23.7 Å². The molecule has 0 saturated carbocycles. The number of piperidine rings is 1. The fraction of sp³-hybridized carbons (Fsp3) is 0.292. The van der Waals surface area contributed by atoms with E-state index in [-0.39, 0.29) is 11.8 Å². The van der Waals surface area contributed by atoms with Crippen molar-refractivity contribution in [2.24, 2.45) is 5.73 Å². The largest absolute Gasteiger partial charge is 0.481 e. The molecule has 1 aliphatic rings. The summed E-state index contributed by atoms with van der Waals surface area (Å²) in [5, 5.41) is 0.848. The first-order valence-corrected chi connectivity index (χ1v) is 10.3. The minimum absolute atomic E-state index is 0.105. The summed E-state index contributed by atoms with van der Waals surface area (Å²) in [6, 6.07) is 15.1. The zero-order valence-electron chi connectivity index (χ0n) is 17.3. The fourth-order valence-corrected chi connectivity index (χ4v) is 4.09. The van der Waals surface area contributed by atoms with E-state index in [4.69, 9.17) is 15.5 Å². The average Bonchev–Trinajstić information content (AvgIpc) is 2.77. The van der Waals surface area contributed by atoms with Crippen molar-refractivity contribution >= 4 is 22.7 Å². The Morgan fingerprint density at radius 1 is 1.19 bits per heavy atom. The number of amides is 2. The van der Waals surface area contributed by atoms with Gasteiger partial charge >= 0.3 is 0 Å². The van der Waals surface area contributed by atoms with E-state index < -0.39 is 17.8 Å². The van der Waals surface area contributed by atoms with Gasteiger partial charge in [-0.05, 0) is 44.0 Å². The number of likely N-dealkylation sites (tertiary alicyclic amines) is 1. The number of ether oxygens (including phenoxy) is 1. The molecule has 1 saturated heterocycles. The number of hydrogen-bond donors (Lipinski definition) is 1. The van der Waals surface area contributed by atoms with Crippen LogP contribution in [-0.2, 0) is 4.79 Å². The number of rotatable bonds is 5. The van der Waals surface area contributed by atoms with Crippen molar-refractivity contribution in [1.29, 1.82) is 0 Å². The average molecular weight is 421 g/mol. The van der Waals surface area contributed by atoms with Crippen molar-refractivity contribution in [2.45, 2.75) is 31.8 Å². The van der Waals surface area contributed by atoms with Crippen LogP contribution in [0.3, 0.4) is 0 Å². The minimum Gasteiger partial charge on any atom is -0.481 e. The third-order valence-corrected chi connectivity index (χ3v) is 5.60. The van der Waals surface area contributed by atoms with Crippen molar-refractivity contribution in [3.63, 3.8) is 0 Å². The number of fused-ring (bicyclic) bond motifs is 1. The number of nitrogens with two attached hydrogens (primary N) is 1. The SMILES string of the molecule is CC(Oc1cccc(F)c1)C(=O)N1CCCC(c2nc3ccccc3cc2C(N)=O)C1. The van der Waals surface area contributed by atoms with Crippen molar-refractivity contribution in [2.75, 3.05) is 13.1 Å². The molecule has 2 atom stereocenters. The molecular weight excluding hydrogens is 397 g/mol. The van der Waals surface area contributed by atoms with Gasteiger partial charge in [-0.25, -0.2) is 4.39 Å². The Morgan fingerprint density at radius 2 is 2.00 bits per heavy atom. The molecule has 0 aliphatic carbocycles. The molecule has 0 radical (unpaired) electrons. The van der Waals surface area contributed by atoms with Crippen molar-refractivity contribution in [3.05, 3.63) is 71.7 Å². The van der Waals surface area contributed by atoms with Crippen LogP contribution in [0.1, 0.15) is 41.7 Å². The van der Waals surface area contributed by atoms with Gasteiger partial charge in [-0.3, -0.25) is 14.6 Å². The Bertz CT molecular complexity index is 1130. The smallest absolute Gasteiger partial charge is 0.263 e. The Labute approximate surface area is 179 Å². The van der Waals surface area contributed by atoms with E-state index in [9.17, 15) is 14.0 Å². The second-order valence-electron chi connectivity index (χ2n) is 7.82. The predicted molar refractivity (Wildman–Crippen MR) is 115 cm³/mol. The summed E-state index contributed by atoms with van der Waals surface area (Å²) in [5.41, 5.74) is 7.45. The van der Waals surface area contributed by atoms with Gasteiger partial charge in [0.05, 0.1) is 16.8 Å². The van der Waals surface area contributed by atoms with Gasteiger partial charge in [0.2, 0.25) is 0 Å². The number of para-hydroxylation sites is 1. The molecule has 2 unspecified atom stereocenters. The Kier molecular flexibility index (Phi) is 5.84. The van der Waals surface area contributed by atoms with Crippen LogP contribution in [0.4, 0.5) is 4.39 Å². The molecule has 6 nitrogen and oxygen atoms in total. The molecule has 0 spiro atoms. The number of nitrogens with zero attached hydrogens (tertiary/aromatic N) is 2. The highest BCUT2D eigenvalue weighted by molar-refractivity contribution is 5.97. The predicted octanol–water partition coefficient (Wildman–Crippen LogP) is 3.65. The van der Waals surface area contributed by atoms with Gasteiger partial charge in [-0.15, -0.1) is 0 Å². The van der Waals surface area contributed by atoms with E-state index in [1.807, 2.05) is 24.3 Å². The molecule has 2 heterocycles. The van der Waals surface area contributed by atoms with Crippen LogP contribution in [0.15, 0.2) is 54.6 Å². The first-order valence-electron chi connectivity index (χ1n) is 10.3. The van der Waals surface area contributed by atoms with Gasteiger partial charge in [0, 0.05) is 30.5 Å². The van der Waals surface area contributed by atoms with Gasteiger partial charge in [-0.1, -0.05) is 24.3 Å². The van der Waals surface area contributed by atoms with E-state index in [1.165, 1.54) is 18.2 Å². The highest BCUT2D eigenvalue weighted by Crippen LogP contribution is 2.30. The Hall–Kier alpha value is -3.48. The molecular formula is C24H24FN3O3. The maximum Gasteiger partial charge on any atom is 0.263 e. The maximum absolute atomic E-state index is 13.4. The highest BCUT2D eigenvalue weighted by atomic mass is 19.1. The summed E-state index contributed by atoms with van der Waals surface area (Å²) in [6.45, 7) is 2.66. The lowest BCUT2D eigenvalue weighted by Gasteiger charge is -2.34. The van der Waals surface area contributed by atoms with Gasteiger partial charge < -0.3 is 15.4 Å². The lowest BCUT2D eigenvalue weighted by Crippen LogP contribution is -2.45. The summed E-state index contributed by atoms with van der Waals surface area (Å²) in [4.78, 5) is 31.6. The number of hydrogen-bond acceptors (Lipinski definition) is 4. The topological polar surface area (TPSA) is 85.5 Å². The van der Waals surface area contributed by atoms with Crippen LogP contribution >= 0.6 is 0 Å². The quantitative estimate of drug-likeness (QED) is 0.682. The summed E-state index contributed by atoms with van der Waals surface area (Å²) < 4.78 is 19.1. The summed E-state index contributed by atoms with van der Waals surface area (Å²) >= 11 is 0. The molecule has 1 aromatic heterocycles. The Balaban J connectivity index is 1.55. The normalized spacial score (nSPS) is 17.4. The van der Waals surface area contributed by atoms with Crippen LogP contribution in [0.2, 0.25) is 0 Å². The third kappa shape index (κ3) is 4.50. The number of halogens is 1. The zero-order valence-corrected chi connectivity index (χ0v) is 17.3. The summed E-state index contributed by atoms with van der Waals surface area (Å²) in [7, 11) is 0. The molecule has 4 rings (SSSR count). The lowest BCUT2D eigenvalue weighted by atomic mass is 9.90. The number of pyridine rings is 1.